The van der Waals surface area contributed by atoms with Crippen LogP contribution >= 0.6 is 0 Å². The summed E-state index contributed by atoms with van der Waals surface area (Å²) in [6, 6.07) is 4.48. The summed E-state index contributed by atoms with van der Waals surface area (Å²) >= 11 is 0. The number of imidazole rings is 1. The third kappa shape index (κ3) is 4.12. The number of anilines is 1. The van der Waals surface area contributed by atoms with Crippen LogP contribution in [0.1, 0.15) is 5.82 Å². The van der Waals surface area contributed by atoms with E-state index in [-0.39, 0.29) is 12.5 Å². The van der Waals surface area contributed by atoms with Gasteiger partial charge in [-0.05, 0) is 25.1 Å². The number of aryl methyl sites for hydroxylation is 1. The topological polar surface area (TPSA) is 65.4 Å². The first kappa shape index (κ1) is 16.1. The molecule has 0 fully saturated rings. The van der Waals surface area contributed by atoms with E-state index in [4.69, 9.17) is 9.47 Å². The van der Waals surface area contributed by atoms with Crippen LogP contribution in [0.3, 0.4) is 0 Å². The average molecular weight is 307 g/mol. The van der Waals surface area contributed by atoms with Crippen LogP contribution in [0.5, 0.6) is 0 Å². The van der Waals surface area contributed by atoms with E-state index >= 15 is 0 Å². The van der Waals surface area contributed by atoms with Gasteiger partial charge in [0.15, 0.2) is 0 Å². The number of hydrogen-bond donors (Lipinski definition) is 1. The van der Waals surface area contributed by atoms with Gasteiger partial charge in [0, 0.05) is 25.2 Å². The first-order chi connectivity index (χ1) is 10.6. The number of nitrogens with zero attached hydrogens (tertiary/aromatic N) is 2. The number of hydrogen-bond acceptors (Lipinski definition) is 4. The van der Waals surface area contributed by atoms with E-state index in [1.54, 1.807) is 43.1 Å². The number of amides is 1. The molecule has 0 aliphatic heterocycles. The zero-order valence-corrected chi connectivity index (χ0v) is 12.5. The highest BCUT2D eigenvalue weighted by molar-refractivity contribution is 5.91. The second-order valence-electron chi connectivity index (χ2n) is 4.60. The van der Waals surface area contributed by atoms with Crippen molar-refractivity contribution in [1.29, 1.82) is 0 Å². The lowest BCUT2D eigenvalue weighted by molar-refractivity contribution is -0.121. The van der Waals surface area contributed by atoms with Crippen LogP contribution in [0.25, 0.3) is 5.69 Å². The fourth-order valence-corrected chi connectivity index (χ4v) is 1.92. The zero-order valence-electron chi connectivity index (χ0n) is 12.5. The molecule has 0 saturated heterocycles. The van der Waals surface area contributed by atoms with E-state index in [0.717, 1.165) is 0 Å². The van der Waals surface area contributed by atoms with Crippen molar-refractivity contribution < 1.29 is 18.7 Å². The Labute approximate surface area is 127 Å². The molecule has 2 rings (SSSR count). The van der Waals surface area contributed by atoms with Crippen molar-refractivity contribution in [3.05, 3.63) is 42.2 Å². The van der Waals surface area contributed by atoms with E-state index < -0.39 is 5.82 Å². The minimum absolute atomic E-state index is 0.104. The number of halogens is 1. The van der Waals surface area contributed by atoms with E-state index in [0.29, 0.717) is 30.4 Å². The molecule has 0 saturated carbocycles. The number of methoxy groups -OCH3 is 1. The molecule has 1 aromatic carbocycles. The summed E-state index contributed by atoms with van der Waals surface area (Å²) in [4.78, 5) is 15.7. The van der Waals surface area contributed by atoms with Gasteiger partial charge in [0.1, 0.15) is 18.2 Å². The van der Waals surface area contributed by atoms with Gasteiger partial charge >= 0.3 is 0 Å². The van der Waals surface area contributed by atoms with Crippen molar-refractivity contribution in [2.75, 3.05) is 32.2 Å². The average Bonchev–Trinajstić information content (AvgIpc) is 2.90. The van der Waals surface area contributed by atoms with Crippen molar-refractivity contribution in [3.8, 4) is 5.69 Å². The molecule has 0 radical (unpaired) electrons. The van der Waals surface area contributed by atoms with Crippen LogP contribution < -0.4 is 5.32 Å². The molecule has 0 spiro atoms. The van der Waals surface area contributed by atoms with Crippen molar-refractivity contribution in [1.82, 2.24) is 9.55 Å². The normalized spacial score (nSPS) is 10.7. The quantitative estimate of drug-likeness (QED) is 0.794. The third-order valence-electron chi connectivity index (χ3n) is 2.98. The number of carbonyl (C=O) groups excluding carboxylic acids is 1. The maximum absolute atomic E-state index is 14.1. The fourth-order valence-electron chi connectivity index (χ4n) is 1.92. The molecule has 1 N–H and O–H groups in total. The van der Waals surface area contributed by atoms with Crippen molar-refractivity contribution >= 4 is 11.6 Å². The van der Waals surface area contributed by atoms with Gasteiger partial charge in [0.25, 0.3) is 0 Å². The van der Waals surface area contributed by atoms with Crippen LogP contribution in [-0.2, 0) is 14.3 Å². The minimum Gasteiger partial charge on any atom is -0.382 e. The lowest BCUT2D eigenvalue weighted by atomic mass is 10.2. The molecule has 7 heteroatoms. The maximum atomic E-state index is 14.1. The summed E-state index contributed by atoms with van der Waals surface area (Å²) in [5.41, 5.74) is 0.753. The first-order valence-electron chi connectivity index (χ1n) is 6.78. The number of carbonyl (C=O) groups is 1. The second kappa shape index (κ2) is 7.67. The van der Waals surface area contributed by atoms with Gasteiger partial charge in [0.2, 0.25) is 5.91 Å². The molecule has 2 aromatic rings. The minimum atomic E-state index is -0.445. The molecular formula is C15H18FN3O3. The molecule has 1 amide bonds. The highest BCUT2D eigenvalue weighted by Crippen LogP contribution is 2.19. The van der Waals surface area contributed by atoms with Gasteiger partial charge < -0.3 is 19.4 Å². The Hall–Kier alpha value is -2.25. The Balaban J connectivity index is 1.98. The number of aromatic nitrogens is 2. The van der Waals surface area contributed by atoms with Gasteiger partial charge in [-0.3, -0.25) is 4.79 Å². The van der Waals surface area contributed by atoms with Crippen molar-refractivity contribution in [2.45, 2.75) is 6.92 Å². The largest absolute Gasteiger partial charge is 0.382 e. The molecule has 0 aliphatic carbocycles. The van der Waals surface area contributed by atoms with E-state index in [1.807, 2.05) is 0 Å². The molecule has 0 aliphatic rings. The summed E-state index contributed by atoms with van der Waals surface area (Å²) in [5, 5.41) is 2.58. The van der Waals surface area contributed by atoms with Gasteiger partial charge in [-0.1, -0.05) is 0 Å². The summed E-state index contributed by atoms with van der Waals surface area (Å²) in [6.45, 7) is 2.43. The molecule has 0 atom stereocenters. The lowest BCUT2D eigenvalue weighted by Gasteiger charge is -2.10. The van der Waals surface area contributed by atoms with Gasteiger partial charge in [-0.25, -0.2) is 9.37 Å². The maximum Gasteiger partial charge on any atom is 0.250 e. The molecule has 1 aromatic heterocycles. The molecule has 6 nitrogen and oxygen atoms in total. The highest BCUT2D eigenvalue weighted by atomic mass is 19.1. The molecule has 118 valence electrons. The van der Waals surface area contributed by atoms with E-state index in [2.05, 4.69) is 10.3 Å². The molecule has 1 heterocycles. The standard InChI is InChI=1S/C15H18FN3O3/c1-11-17-5-6-19(11)14-4-3-12(9-13(14)16)18-15(20)10-22-8-7-21-2/h3-6,9H,7-8,10H2,1-2H3,(H,18,20). The predicted octanol–water partition coefficient (Wildman–Crippen LogP) is 1.92. The Morgan fingerprint density at radius 2 is 2.23 bits per heavy atom. The van der Waals surface area contributed by atoms with Crippen LogP contribution in [0.4, 0.5) is 10.1 Å². The lowest BCUT2D eigenvalue weighted by Crippen LogP contribution is -2.19. The number of rotatable bonds is 7. The van der Waals surface area contributed by atoms with Crippen LogP contribution in [0, 0.1) is 12.7 Å². The zero-order chi connectivity index (χ0) is 15.9. The second-order valence-corrected chi connectivity index (χ2v) is 4.60. The first-order valence-corrected chi connectivity index (χ1v) is 6.78. The Kier molecular flexibility index (Phi) is 5.62. The third-order valence-corrected chi connectivity index (χ3v) is 2.98. The van der Waals surface area contributed by atoms with Crippen LogP contribution in [0.15, 0.2) is 30.6 Å². The predicted molar refractivity (Wildman–Crippen MR) is 79.6 cm³/mol. The van der Waals surface area contributed by atoms with Crippen molar-refractivity contribution in [2.24, 2.45) is 0 Å². The molecule has 0 unspecified atom stereocenters. The fraction of sp³-hybridized carbons (Fsp3) is 0.333. The number of benzene rings is 1. The number of ether oxygens (including phenoxy) is 2. The molecular weight excluding hydrogens is 289 g/mol. The van der Waals surface area contributed by atoms with E-state index in [9.17, 15) is 9.18 Å². The van der Waals surface area contributed by atoms with Crippen molar-refractivity contribution in [3.63, 3.8) is 0 Å². The molecule has 0 bridgehead atoms. The molecule has 22 heavy (non-hydrogen) atoms. The van der Waals surface area contributed by atoms with Crippen LogP contribution in [-0.4, -0.2) is 42.4 Å². The van der Waals surface area contributed by atoms with E-state index in [1.165, 1.54) is 6.07 Å². The smallest absolute Gasteiger partial charge is 0.250 e. The monoisotopic (exact) mass is 307 g/mol. The SMILES string of the molecule is COCCOCC(=O)Nc1ccc(-n2ccnc2C)c(F)c1. The number of nitrogens with one attached hydrogen (secondary N) is 1. The van der Waals surface area contributed by atoms with Gasteiger partial charge in [0.05, 0.1) is 18.9 Å². The summed E-state index contributed by atoms with van der Waals surface area (Å²) in [7, 11) is 1.55. The summed E-state index contributed by atoms with van der Waals surface area (Å²) in [6.07, 6.45) is 3.28. The Bertz CT molecular complexity index is 643. The van der Waals surface area contributed by atoms with Gasteiger partial charge in [-0.15, -0.1) is 0 Å². The summed E-state index contributed by atoms with van der Waals surface area (Å²) in [5.74, 6) is -0.108. The van der Waals surface area contributed by atoms with Crippen LogP contribution in [0.2, 0.25) is 0 Å². The Morgan fingerprint density at radius 1 is 1.41 bits per heavy atom. The summed E-state index contributed by atoms with van der Waals surface area (Å²) < 4.78 is 25.7. The van der Waals surface area contributed by atoms with Gasteiger partial charge in [-0.2, -0.15) is 0 Å². The highest BCUT2D eigenvalue weighted by Gasteiger charge is 2.09. The Morgan fingerprint density at radius 3 is 2.86 bits per heavy atom.